The molecular weight excluding hydrogens is 259 g/mol. The van der Waals surface area contributed by atoms with Crippen molar-refractivity contribution in [3.63, 3.8) is 0 Å². The topological polar surface area (TPSA) is 53.1 Å². The first-order valence-corrected chi connectivity index (χ1v) is 4.79. The molecule has 0 aliphatic carbocycles. The second-order valence-corrected chi connectivity index (χ2v) is 3.83. The van der Waals surface area contributed by atoms with Crippen LogP contribution in [0.2, 0.25) is 5.02 Å². The fraction of sp³-hybridized carbons (Fsp3) is 0.100. The van der Waals surface area contributed by atoms with Crippen molar-refractivity contribution in [1.82, 2.24) is 4.98 Å². The summed E-state index contributed by atoms with van der Waals surface area (Å²) in [4.78, 5) is 13.3. The molecule has 0 fully saturated rings. The Labute approximate surface area is 97.5 Å². The Hall–Kier alpha value is -1.69. The lowest BCUT2D eigenvalue weighted by Gasteiger charge is -2.11. The Bertz CT molecular complexity index is 648. The van der Waals surface area contributed by atoms with Crippen LogP contribution in [0.15, 0.2) is 23.0 Å². The summed E-state index contributed by atoms with van der Waals surface area (Å²) in [6, 6.07) is 2.53. The van der Waals surface area contributed by atoms with Crippen LogP contribution in [-0.2, 0) is 6.18 Å². The van der Waals surface area contributed by atoms with E-state index in [0.717, 1.165) is 12.1 Å². The van der Waals surface area contributed by atoms with E-state index in [1.807, 2.05) is 0 Å². The van der Waals surface area contributed by atoms with E-state index in [-0.39, 0.29) is 10.5 Å². The predicted molar refractivity (Wildman–Crippen MR) is 56.2 cm³/mol. The fourth-order valence-electron chi connectivity index (χ4n) is 1.57. The molecule has 0 atom stereocenters. The lowest BCUT2D eigenvalue weighted by atomic mass is 10.1. The van der Waals surface area contributed by atoms with Gasteiger partial charge in [-0.3, -0.25) is 4.79 Å². The van der Waals surface area contributed by atoms with Crippen molar-refractivity contribution < 1.29 is 18.3 Å². The van der Waals surface area contributed by atoms with Crippen molar-refractivity contribution >= 4 is 22.5 Å². The van der Waals surface area contributed by atoms with Crippen LogP contribution >= 0.6 is 11.6 Å². The van der Waals surface area contributed by atoms with E-state index >= 15 is 0 Å². The second-order valence-electron chi connectivity index (χ2n) is 3.39. The quantitative estimate of drug-likeness (QED) is 0.768. The number of aromatic amines is 1. The number of phenolic OH excluding ortho intramolecular Hbond substituents is 1. The second kappa shape index (κ2) is 3.66. The third-order valence-electron chi connectivity index (χ3n) is 2.19. The van der Waals surface area contributed by atoms with Gasteiger partial charge in [-0.25, -0.2) is 0 Å². The van der Waals surface area contributed by atoms with Gasteiger partial charge in [-0.1, -0.05) is 11.6 Å². The summed E-state index contributed by atoms with van der Waals surface area (Å²) >= 11 is 5.58. The zero-order valence-electron chi connectivity index (χ0n) is 8.10. The number of alkyl halides is 3. The molecule has 0 bridgehead atoms. The monoisotopic (exact) mass is 263 g/mol. The Morgan fingerprint density at radius 2 is 1.88 bits per heavy atom. The first-order chi connectivity index (χ1) is 7.79. The molecule has 2 aromatic rings. The molecule has 0 aliphatic rings. The zero-order chi connectivity index (χ0) is 12.8. The van der Waals surface area contributed by atoms with Gasteiger partial charge in [0.2, 0.25) is 5.56 Å². The number of hydrogen-bond donors (Lipinski definition) is 2. The van der Waals surface area contributed by atoms with Crippen LogP contribution in [0.5, 0.6) is 5.75 Å². The highest BCUT2D eigenvalue weighted by atomic mass is 35.5. The number of pyridine rings is 1. The van der Waals surface area contributed by atoms with E-state index in [0.29, 0.717) is 6.07 Å². The number of rotatable bonds is 0. The number of nitrogens with one attached hydrogen (secondary N) is 1. The summed E-state index contributed by atoms with van der Waals surface area (Å²) in [6.07, 6.45) is -4.72. The van der Waals surface area contributed by atoms with Gasteiger partial charge < -0.3 is 10.1 Å². The maximum Gasteiger partial charge on any atom is 0.417 e. The van der Waals surface area contributed by atoms with Crippen LogP contribution in [0, 0.1) is 0 Å². The zero-order valence-corrected chi connectivity index (χ0v) is 8.86. The predicted octanol–water partition coefficient (Wildman–Crippen LogP) is 2.91. The van der Waals surface area contributed by atoms with E-state index in [1.54, 1.807) is 0 Å². The highest BCUT2D eigenvalue weighted by molar-refractivity contribution is 6.31. The molecule has 7 heteroatoms. The van der Waals surface area contributed by atoms with E-state index in [4.69, 9.17) is 11.6 Å². The first kappa shape index (κ1) is 11.8. The number of halogens is 4. The first-order valence-electron chi connectivity index (χ1n) is 4.42. The maximum absolute atomic E-state index is 12.7. The standard InChI is InChI=1S/C10H5ClF3NO2/c11-4-1-6-9(7(16)2-4)5(10(12,13)14)3-8(17)15-6/h1-3,16H,(H,15,17). The van der Waals surface area contributed by atoms with Gasteiger partial charge in [0.15, 0.2) is 0 Å². The Kier molecular flexibility index (Phi) is 2.54. The Balaban J connectivity index is 2.98. The van der Waals surface area contributed by atoms with E-state index < -0.39 is 28.4 Å². The van der Waals surface area contributed by atoms with Gasteiger partial charge in [0.25, 0.3) is 0 Å². The van der Waals surface area contributed by atoms with E-state index in [2.05, 4.69) is 4.98 Å². The lowest BCUT2D eigenvalue weighted by Crippen LogP contribution is -2.13. The number of aromatic nitrogens is 1. The summed E-state index contributed by atoms with van der Waals surface area (Å²) < 4.78 is 38.0. The average molecular weight is 264 g/mol. The molecule has 1 aromatic heterocycles. The molecular formula is C10H5ClF3NO2. The van der Waals surface area contributed by atoms with Crippen LogP contribution in [-0.4, -0.2) is 10.1 Å². The molecule has 0 saturated carbocycles. The molecule has 1 heterocycles. The fourth-order valence-corrected chi connectivity index (χ4v) is 1.78. The maximum atomic E-state index is 12.7. The molecule has 90 valence electrons. The molecule has 1 aromatic carbocycles. The van der Waals surface area contributed by atoms with Crippen molar-refractivity contribution in [2.45, 2.75) is 6.18 Å². The number of fused-ring (bicyclic) bond motifs is 1. The van der Waals surface area contributed by atoms with Gasteiger partial charge in [0.05, 0.1) is 16.5 Å². The minimum Gasteiger partial charge on any atom is -0.507 e. The third kappa shape index (κ3) is 2.08. The van der Waals surface area contributed by atoms with Crippen LogP contribution in [0.3, 0.4) is 0 Å². The third-order valence-corrected chi connectivity index (χ3v) is 2.41. The summed E-state index contributed by atoms with van der Waals surface area (Å²) in [5, 5.41) is 9.04. The van der Waals surface area contributed by atoms with E-state index in [9.17, 15) is 23.1 Å². The van der Waals surface area contributed by atoms with Crippen LogP contribution < -0.4 is 5.56 Å². The van der Waals surface area contributed by atoms with Gasteiger partial charge in [-0.2, -0.15) is 13.2 Å². The largest absolute Gasteiger partial charge is 0.507 e. The minimum atomic E-state index is -4.72. The summed E-state index contributed by atoms with van der Waals surface area (Å²) in [7, 11) is 0. The summed E-state index contributed by atoms with van der Waals surface area (Å²) in [5.74, 6) is -0.629. The molecule has 0 amide bonds. The molecule has 0 aliphatic heterocycles. The normalized spacial score (nSPS) is 12.0. The van der Waals surface area contributed by atoms with Crippen molar-refractivity contribution in [2.75, 3.05) is 0 Å². The minimum absolute atomic E-state index is 0.0324. The average Bonchev–Trinajstić information content (AvgIpc) is 2.13. The Morgan fingerprint density at radius 1 is 1.24 bits per heavy atom. The molecule has 3 nitrogen and oxygen atoms in total. The van der Waals surface area contributed by atoms with Gasteiger partial charge in [0.1, 0.15) is 5.75 Å². The number of benzene rings is 1. The molecule has 2 rings (SSSR count). The van der Waals surface area contributed by atoms with Crippen LogP contribution in [0.1, 0.15) is 5.56 Å². The molecule has 2 N–H and O–H groups in total. The van der Waals surface area contributed by atoms with Gasteiger partial charge in [0, 0.05) is 11.1 Å². The molecule has 0 saturated heterocycles. The van der Waals surface area contributed by atoms with Gasteiger partial charge in [-0.15, -0.1) is 0 Å². The lowest BCUT2D eigenvalue weighted by molar-refractivity contribution is -0.136. The number of H-pyrrole nitrogens is 1. The molecule has 0 radical (unpaired) electrons. The van der Waals surface area contributed by atoms with Crippen LogP contribution in [0.4, 0.5) is 13.2 Å². The SMILES string of the molecule is O=c1cc(C(F)(F)F)c2c(O)cc(Cl)cc2[nH]1. The smallest absolute Gasteiger partial charge is 0.417 e. The highest BCUT2D eigenvalue weighted by Gasteiger charge is 2.34. The van der Waals surface area contributed by atoms with Crippen molar-refractivity contribution in [1.29, 1.82) is 0 Å². The van der Waals surface area contributed by atoms with Gasteiger partial charge in [-0.05, 0) is 12.1 Å². The number of aromatic hydroxyl groups is 1. The van der Waals surface area contributed by atoms with Crippen molar-refractivity contribution in [2.24, 2.45) is 0 Å². The molecule has 0 spiro atoms. The molecule has 0 unspecified atom stereocenters. The van der Waals surface area contributed by atoms with Crippen molar-refractivity contribution in [3.05, 3.63) is 39.1 Å². The highest BCUT2D eigenvalue weighted by Crippen LogP contribution is 2.38. The van der Waals surface area contributed by atoms with E-state index in [1.165, 1.54) is 0 Å². The van der Waals surface area contributed by atoms with Crippen molar-refractivity contribution in [3.8, 4) is 5.75 Å². The number of phenols is 1. The summed E-state index contributed by atoms with van der Waals surface area (Å²) in [5.41, 5.74) is -2.26. The summed E-state index contributed by atoms with van der Waals surface area (Å²) in [6.45, 7) is 0. The van der Waals surface area contributed by atoms with Crippen LogP contribution in [0.25, 0.3) is 10.9 Å². The Morgan fingerprint density at radius 3 is 2.47 bits per heavy atom. The van der Waals surface area contributed by atoms with Gasteiger partial charge >= 0.3 is 6.18 Å². The number of hydrogen-bond acceptors (Lipinski definition) is 2. The molecule has 17 heavy (non-hydrogen) atoms.